The second-order valence-electron chi connectivity index (χ2n) is 8.96. The van der Waals surface area contributed by atoms with E-state index in [2.05, 4.69) is 5.32 Å². The smallest absolute Gasteiger partial charge is 0.259 e. The quantitative estimate of drug-likeness (QED) is 0.290. The summed E-state index contributed by atoms with van der Waals surface area (Å²) in [5.74, 6) is 0.380. The van der Waals surface area contributed by atoms with Crippen LogP contribution in [0.3, 0.4) is 0 Å². The SMILES string of the molecule is COc1ccc(CCNC(=O)c2ccc3c(c2)N(Cc2ccccc2F)C(=O)c2ccccc2S3)cc1OC. The van der Waals surface area contributed by atoms with Crippen molar-refractivity contribution < 1.29 is 23.5 Å². The number of halogens is 1. The first kappa shape index (κ1) is 26.3. The zero-order chi connectivity index (χ0) is 27.4. The van der Waals surface area contributed by atoms with Crippen LogP contribution >= 0.6 is 11.8 Å². The van der Waals surface area contributed by atoms with E-state index in [0.29, 0.717) is 46.8 Å². The van der Waals surface area contributed by atoms with Crippen molar-refractivity contribution in [1.29, 1.82) is 0 Å². The molecule has 5 rings (SSSR count). The molecule has 198 valence electrons. The summed E-state index contributed by atoms with van der Waals surface area (Å²) in [4.78, 5) is 30.0. The summed E-state index contributed by atoms with van der Waals surface area (Å²) in [6.07, 6.45) is 0.597. The Hall–Kier alpha value is -4.30. The molecule has 0 atom stereocenters. The lowest BCUT2D eigenvalue weighted by atomic mass is 10.1. The van der Waals surface area contributed by atoms with Gasteiger partial charge in [0.05, 0.1) is 32.0 Å². The van der Waals surface area contributed by atoms with Crippen LogP contribution in [-0.4, -0.2) is 32.6 Å². The lowest BCUT2D eigenvalue weighted by molar-refractivity contribution is 0.0950. The van der Waals surface area contributed by atoms with Crippen LogP contribution in [0.25, 0.3) is 0 Å². The van der Waals surface area contributed by atoms with E-state index in [1.807, 2.05) is 42.5 Å². The van der Waals surface area contributed by atoms with Crippen molar-refractivity contribution in [3.63, 3.8) is 0 Å². The molecule has 1 aliphatic heterocycles. The summed E-state index contributed by atoms with van der Waals surface area (Å²) in [5, 5.41) is 2.96. The van der Waals surface area contributed by atoms with Gasteiger partial charge in [-0.2, -0.15) is 0 Å². The Morgan fingerprint density at radius 2 is 1.67 bits per heavy atom. The van der Waals surface area contributed by atoms with Crippen LogP contribution < -0.4 is 19.7 Å². The Morgan fingerprint density at radius 3 is 2.46 bits per heavy atom. The largest absolute Gasteiger partial charge is 0.493 e. The summed E-state index contributed by atoms with van der Waals surface area (Å²) in [6, 6.07) is 24.7. The number of benzene rings is 4. The number of methoxy groups -OCH3 is 2. The van der Waals surface area contributed by atoms with Gasteiger partial charge in [0.15, 0.2) is 11.5 Å². The zero-order valence-electron chi connectivity index (χ0n) is 21.6. The number of carbonyl (C=O) groups is 2. The number of hydrogen-bond donors (Lipinski definition) is 1. The minimum absolute atomic E-state index is 0.0395. The third-order valence-corrected chi connectivity index (χ3v) is 7.67. The van der Waals surface area contributed by atoms with Crippen LogP contribution in [-0.2, 0) is 13.0 Å². The number of nitrogens with one attached hydrogen (secondary N) is 1. The molecule has 4 aromatic carbocycles. The van der Waals surface area contributed by atoms with Crippen molar-refractivity contribution in [2.24, 2.45) is 0 Å². The van der Waals surface area contributed by atoms with Crippen molar-refractivity contribution >= 4 is 29.3 Å². The van der Waals surface area contributed by atoms with Crippen LogP contribution in [0.1, 0.15) is 31.8 Å². The fourth-order valence-electron chi connectivity index (χ4n) is 4.47. The maximum atomic E-state index is 14.6. The Balaban J connectivity index is 1.39. The summed E-state index contributed by atoms with van der Waals surface area (Å²) in [5.41, 5.74) is 2.91. The van der Waals surface area contributed by atoms with Gasteiger partial charge in [-0.05, 0) is 60.5 Å². The van der Waals surface area contributed by atoms with E-state index < -0.39 is 0 Å². The van der Waals surface area contributed by atoms with Crippen LogP contribution in [0, 0.1) is 5.82 Å². The highest BCUT2D eigenvalue weighted by Gasteiger charge is 2.28. The van der Waals surface area contributed by atoms with Gasteiger partial charge in [-0.15, -0.1) is 0 Å². The minimum Gasteiger partial charge on any atom is -0.493 e. The van der Waals surface area contributed by atoms with Crippen LogP contribution in [0.2, 0.25) is 0 Å². The first-order valence-corrected chi connectivity index (χ1v) is 13.3. The Bertz CT molecular complexity index is 1540. The molecule has 1 N–H and O–H groups in total. The van der Waals surface area contributed by atoms with Gasteiger partial charge in [0, 0.05) is 27.5 Å². The normalized spacial score (nSPS) is 12.3. The predicted octanol–water partition coefficient (Wildman–Crippen LogP) is 6.13. The second kappa shape index (κ2) is 11.6. The maximum absolute atomic E-state index is 14.6. The third-order valence-electron chi connectivity index (χ3n) is 6.53. The van der Waals surface area contributed by atoms with Gasteiger partial charge >= 0.3 is 0 Å². The highest BCUT2D eigenvalue weighted by atomic mass is 32.2. The highest BCUT2D eigenvalue weighted by molar-refractivity contribution is 7.99. The number of amides is 2. The molecule has 0 aromatic heterocycles. The van der Waals surface area contributed by atoms with E-state index in [1.165, 1.54) is 17.8 Å². The van der Waals surface area contributed by atoms with Crippen LogP contribution in [0.5, 0.6) is 11.5 Å². The summed E-state index contributed by atoms with van der Waals surface area (Å²) in [6.45, 7) is 0.446. The molecule has 1 heterocycles. The van der Waals surface area contributed by atoms with Crippen LogP contribution in [0.15, 0.2) is 94.7 Å². The monoisotopic (exact) mass is 542 g/mol. The molecular formula is C31H27FN2O4S. The summed E-state index contributed by atoms with van der Waals surface area (Å²) < 4.78 is 25.2. The number of ether oxygens (including phenoxy) is 2. The topological polar surface area (TPSA) is 67.9 Å². The van der Waals surface area contributed by atoms with Crippen molar-refractivity contribution in [3.05, 3.63) is 113 Å². The average Bonchev–Trinajstić information content (AvgIpc) is 3.07. The molecule has 1 aliphatic rings. The van der Waals surface area contributed by atoms with Gasteiger partial charge in [-0.25, -0.2) is 4.39 Å². The van der Waals surface area contributed by atoms with Crippen molar-refractivity contribution in [2.45, 2.75) is 22.8 Å². The van der Waals surface area contributed by atoms with E-state index >= 15 is 0 Å². The van der Waals surface area contributed by atoms with E-state index in [9.17, 15) is 14.0 Å². The maximum Gasteiger partial charge on any atom is 0.259 e. The number of anilines is 1. The van der Waals surface area contributed by atoms with E-state index in [1.54, 1.807) is 55.5 Å². The summed E-state index contributed by atoms with van der Waals surface area (Å²) >= 11 is 1.46. The number of nitrogens with zero attached hydrogens (tertiary/aromatic N) is 1. The number of hydrogen-bond acceptors (Lipinski definition) is 5. The standard InChI is InChI=1S/C31H27FN2O4S/c1-37-26-13-11-20(17-27(26)38-2)15-16-33-30(35)21-12-14-29-25(18-21)34(19-22-7-3-5-9-24(22)32)31(36)23-8-4-6-10-28(23)39-29/h3-14,17-18H,15-16,19H2,1-2H3,(H,33,35). The molecule has 0 unspecified atom stereocenters. The fraction of sp³-hybridized carbons (Fsp3) is 0.161. The Morgan fingerprint density at radius 1 is 0.897 bits per heavy atom. The van der Waals surface area contributed by atoms with Gasteiger partial charge in [0.2, 0.25) is 0 Å². The third kappa shape index (κ3) is 5.61. The molecule has 0 fully saturated rings. The van der Waals surface area contributed by atoms with Crippen LogP contribution in [0.4, 0.5) is 10.1 Å². The van der Waals surface area contributed by atoms with Gasteiger partial charge in [0.25, 0.3) is 11.8 Å². The molecule has 8 heteroatoms. The molecule has 0 spiro atoms. The fourth-order valence-corrected chi connectivity index (χ4v) is 5.53. The van der Waals surface area contributed by atoms with Crippen molar-refractivity contribution in [1.82, 2.24) is 5.32 Å². The molecule has 2 amide bonds. The van der Waals surface area contributed by atoms with Crippen molar-refractivity contribution in [2.75, 3.05) is 25.7 Å². The first-order valence-electron chi connectivity index (χ1n) is 12.4. The highest BCUT2D eigenvalue weighted by Crippen LogP contribution is 2.42. The van der Waals surface area contributed by atoms with E-state index in [0.717, 1.165) is 15.4 Å². The zero-order valence-corrected chi connectivity index (χ0v) is 22.4. The summed E-state index contributed by atoms with van der Waals surface area (Å²) in [7, 11) is 3.17. The van der Waals surface area contributed by atoms with E-state index in [4.69, 9.17) is 9.47 Å². The van der Waals surface area contributed by atoms with E-state index in [-0.39, 0.29) is 24.2 Å². The lowest BCUT2D eigenvalue weighted by Crippen LogP contribution is -2.31. The predicted molar refractivity (Wildman–Crippen MR) is 150 cm³/mol. The molecule has 0 radical (unpaired) electrons. The van der Waals surface area contributed by atoms with Crippen molar-refractivity contribution in [3.8, 4) is 11.5 Å². The molecule has 0 aliphatic carbocycles. The molecule has 6 nitrogen and oxygen atoms in total. The number of carbonyl (C=O) groups excluding carboxylic acids is 2. The Kier molecular flexibility index (Phi) is 7.84. The molecule has 39 heavy (non-hydrogen) atoms. The van der Waals surface area contributed by atoms with Gasteiger partial charge in [-0.3, -0.25) is 9.59 Å². The molecule has 0 saturated heterocycles. The van der Waals surface area contributed by atoms with Gasteiger partial charge < -0.3 is 19.7 Å². The molecule has 0 saturated carbocycles. The Labute approximate surface area is 230 Å². The molecule has 0 bridgehead atoms. The first-order chi connectivity index (χ1) is 19.0. The average molecular weight is 543 g/mol. The number of rotatable bonds is 8. The lowest BCUT2D eigenvalue weighted by Gasteiger charge is -2.24. The van der Waals surface area contributed by atoms with Gasteiger partial charge in [0.1, 0.15) is 5.82 Å². The molecular weight excluding hydrogens is 515 g/mol. The molecule has 4 aromatic rings. The number of fused-ring (bicyclic) bond motifs is 2. The minimum atomic E-state index is -0.388. The van der Waals surface area contributed by atoms with Gasteiger partial charge in [-0.1, -0.05) is 48.2 Å². The second-order valence-corrected chi connectivity index (χ2v) is 10.0.